The molecule has 2 N–H and O–H groups in total. The second-order valence-corrected chi connectivity index (χ2v) is 11.2. The van der Waals surface area contributed by atoms with Crippen molar-refractivity contribution in [2.75, 3.05) is 14.1 Å². The number of hydrogen-bond donors (Lipinski definition) is 2. The van der Waals surface area contributed by atoms with Crippen LogP contribution in [0.2, 0.25) is 0 Å². The highest BCUT2D eigenvalue weighted by Crippen LogP contribution is 2.35. The number of thiophene rings is 1. The van der Waals surface area contributed by atoms with Crippen LogP contribution in [0.5, 0.6) is 0 Å². The molecule has 3 aromatic rings. The largest absolute Gasteiger partial charge is 0.481 e. The molecule has 1 amide bonds. The Bertz CT molecular complexity index is 1290. The topological polar surface area (TPSA) is 91.6 Å². The summed E-state index contributed by atoms with van der Waals surface area (Å²) in [7, 11) is 3.88. The third kappa shape index (κ3) is 7.40. The van der Waals surface area contributed by atoms with E-state index in [1.807, 2.05) is 50.4 Å². The minimum Gasteiger partial charge on any atom is -0.481 e. The minimum atomic E-state index is -1.00. The van der Waals surface area contributed by atoms with Crippen molar-refractivity contribution in [3.8, 4) is 10.4 Å². The fourth-order valence-corrected chi connectivity index (χ4v) is 5.75. The first kappa shape index (κ1) is 28.3. The van der Waals surface area contributed by atoms with E-state index in [4.69, 9.17) is 0 Å². The van der Waals surface area contributed by atoms with E-state index in [2.05, 4.69) is 31.3 Å². The normalized spacial score (nSPS) is 13.1. The van der Waals surface area contributed by atoms with Gasteiger partial charge in [0.1, 0.15) is 6.04 Å². The zero-order chi connectivity index (χ0) is 27.3. The van der Waals surface area contributed by atoms with E-state index in [0.29, 0.717) is 13.0 Å². The van der Waals surface area contributed by atoms with Gasteiger partial charge in [-0.15, -0.1) is 11.3 Å². The highest BCUT2D eigenvalue weighted by molar-refractivity contribution is 7.13. The molecule has 0 aliphatic heterocycles. The first-order valence-electron chi connectivity index (χ1n) is 12.5. The van der Waals surface area contributed by atoms with Crippen molar-refractivity contribution < 1.29 is 14.7 Å². The van der Waals surface area contributed by atoms with Crippen molar-refractivity contribution in [3.05, 3.63) is 80.6 Å². The van der Waals surface area contributed by atoms with E-state index in [-0.39, 0.29) is 23.8 Å². The highest BCUT2D eigenvalue weighted by atomic mass is 32.1. The summed E-state index contributed by atoms with van der Waals surface area (Å²) in [6.45, 7) is 8.74. The van der Waals surface area contributed by atoms with Gasteiger partial charge in [-0.1, -0.05) is 38.1 Å². The number of amides is 1. The van der Waals surface area contributed by atoms with Gasteiger partial charge in [-0.05, 0) is 79.5 Å². The van der Waals surface area contributed by atoms with Crippen molar-refractivity contribution in [3.63, 3.8) is 0 Å². The lowest BCUT2D eigenvalue weighted by atomic mass is 9.98. The Morgan fingerprint density at radius 3 is 2.38 bits per heavy atom. The number of nitrogens with one attached hydrogen (secondary N) is 1. The molecular formula is C29H37N3O4S. The van der Waals surface area contributed by atoms with Crippen molar-refractivity contribution in [1.29, 1.82) is 0 Å². The Morgan fingerprint density at radius 2 is 1.78 bits per heavy atom. The number of nitrogens with zero attached hydrogens (tertiary/aromatic N) is 2. The monoisotopic (exact) mass is 523 g/mol. The summed E-state index contributed by atoms with van der Waals surface area (Å²) in [4.78, 5) is 41.2. The van der Waals surface area contributed by atoms with Gasteiger partial charge < -0.3 is 19.9 Å². The number of carboxylic acids is 1. The molecule has 0 fully saturated rings. The maximum atomic E-state index is 13.6. The van der Waals surface area contributed by atoms with Gasteiger partial charge in [-0.25, -0.2) is 0 Å². The van der Waals surface area contributed by atoms with Gasteiger partial charge in [-0.2, -0.15) is 0 Å². The minimum absolute atomic E-state index is 0.148. The Balaban J connectivity index is 1.95. The SMILES string of the molecule is Cc1cccc(C)c1-c1cc([C@H](CC(=O)O)NC(=O)[C@H](CC(C)C)n2cc(CN(C)C)ccc2=O)cs1. The standard InChI is InChI=1S/C29H37N3O4S/c1-18(2)12-24(32-16-21(15-31(5)6)10-11-26(32)33)29(36)30-23(14-27(34)35)22-13-25(37-17-22)28-19(3)8-7-9-20(28)4/h7-11,13,16-18,23-24H,12,14-15H2,1-6H3,(H,30,36)(H,34,35)/t23-,24-/m0/s1. The first-order chi connectivity index (χ1) is 17.5. The Kier molecular flexibility index (Phi) is 9.45. The number of carbonyl (C=O) groups excluding carboxylic acids is 1. The summed E-state index contributed by atoms with van der Waals surface area (Å²) in [6, 6.07) is 9.89. The fourth-order valence-electron chi connectivity index (χ4n) is 4.61. The highest BCUT2D eigenvalue weighted by Gasteiger charge is 2.27. The van der Waals surface area contributed by atoms with Crippen LogP contribution in [0.15, 0.2) is 52.8 Å². The predicted octanol–water partition coefficient (Wildman–Crippen LogP) is 5.17. The van der Waals surface area contributed by atoms with E-state index in [9.17, 15) is 19.5 Å². The lowest BCUT2D eigenvalue weighted by Gasteiger charge is -2.25. The molecule has 0 aliphatic carbocycles. The molecule has 8 heteroatoms. The third-order valence-corrected chi connectivity index (χ3v) is 7.24. The molecule has 0 aliphatic rings. The molecule has 2 aromatic heterocycles. The number of benzene rings is 1. The van der Waals surface area contributed by atoms with Crippen LogP contribution < -0.4 is 10.9 Å². The molecule has 2 atom stereocenters. The fraction of sp³-hybridized carbons (Fsp3) is 0.414. The third-order valence-electron chi connectivity index (χ3n) is 6.28. The molecule has 0 saturated heterocycles. The number of pyridine rings is 1. The second kappa shape index (κ2) is 12.3. The van der Waals surface area contributed by atoms with Gasteiger partial charge in [0, 0.05) is 23.7 Å². The lowest BCUT2D eigenvalue weighted by Crippen LogP contribution is -2.40. The molecule has 2 heterocycles. The van der Waals surface area contributed by atoms with E-state index in [0.717, 1.165) is 32.7 Å². The molecule has 0 unspecified atom stereocenters. The number of carbonyl (C=O) groups is 2. The van der Waals surface area contributed by atoms with Gasteiger partial charge >= 0.3 is 5.97 Å². The van der Waals surface area contributed by atoms with Crippen LogP contribution in [0.1, 0.15) is 61.0 Å². The molecule has 3 rings (SSSR count). The van der Waals surface area contributed by atoms with Crippen LogP contribution in [-0.4, -0.2) is 40.5 Å². The van der Waals surface area contributed by atoms with Gasteiger partial charge in [0.15, 0.2) is 0 Å². The van der Waals surface area contributed by atoms with Crippen molar-refractivity contribution in [2.45, 2.75) is 59.2 Å². The van der Waals surface area contributed by atoms with Crippen LogP contribution in [0.25, 0.3) is 10.4 Å². The van der Waals surface area contributed by atoms with Crippen molar-refractivity contribution >= 4 is 23.2 Å². The second-order valence-electron chi connectivity index (χ2n) is 10.3. The molecule has 0 saturated carbocycles. The zero-order valence-corrected chi connectivity index (χ0v) is 23.3. The molecule has 0 spiro atoms. The number of aromatic nitrogens is 1. The summed E-state index contributed by atoms with van der Waals surface area (Å²) in [5.74, 6) is -1.21. The first-order valence-corrected chi connectivity index (χ1v) is 13.4. The van der Waals surface area contributed by atoms with Crippen LogP contribution in [0, 0.1) is 19.8 Å². The zero-order valence-electron chi connectivity index (χ0n) is 22.4. The summed E-state index contributed by atoms with van der Waals surface area (Å²) in [5.41, 5.74) is 4.81. The lowest BCUT2D eigenvalue weighted by molar-refractivity contribution is -0.138. The Morgan fingerprint density at radius 1 is 1.11 bits per heavy atom. The van der Waals surface area contributed by atoms with E-state index < -0.39 is 18.1 Å². The average molecular weight is 524 g/mol. The number of aryl methyl sites for hydroxylation is 2. The van der Waals surface area contributed by atoms with Crippen molar-refractivity contribution in [1.82, 2.24) is 14.8 Å². The van der Waals surface area contributed by atoms with Crippen LogP contribution >= 0.6 is 11.3 Å². The smallest absolute Gasteiger partial charge is 0.305 e. The molecule has 1 aromatic carbocycles. The summed E-state index contributed by atoms with van der Waals surface area (Å²) in [6.07, 6.45) is 1.94. The number of hydrogen-bond acceptors (Lipinski definition) is 5. The van der Waals surface area contributed by atoms with Gasteiger partial charge in [0.2, 0.25) is 5.91 Å². The van der Waals surface area contributed by atoms with E-state index in [1.54, 1.807) is 12.3 Å². The number of rotatable bonds is 11. The summed E-state index contributed by atoms with van der Waals surface area (Å²) in [5, 5.41) is 14.5. The van der Waals surface area contributed by atoms with Crippen LogP contribution in [-0.2, 0) is 16.1 Å². The molecule has 37 heavy (non-hydrogen) atoms. The van der Waals surface area contributed by atoms with Gasteiger partial charge in [0.05, 0.1) is 12.5 Å². The van der Waals surface area contributed by atoms with Crippen molar-refractivity contribution in [2.24, 2.45) is 5.92 Å². The summed E-state index contributed by atoms with van der Waals surface area (Å²) >= 11 is 1.53. The molecule has 0 bridgehead atoms. The Hall–Kier alpha value is -3.23. The average Bonchev–Trinajstić information content (AvgIpc) is 3.27. The molecule has 7 nitrogen and oxygen atoms in total. The predicted molar refractivity (Wildman–Crippen MR) is 149 cm³/mol. The number of carboxylic acid groups (broad SMARTS) is 1. The van der Waals surface area contributed by atoms with Crippen LogP contribution in [0.3, 0.4) is 0 Å². The Labute approximate surface area is 222 Å². The van der Waals surface area contributed by atoms with Crippen LogP contribution in [0.4, 0.5) is 0 Å². The molecule has 0 radical (unpaired) electrons. The number of aliphatic carboxylic acids is 1. The molecular weight excluding hydrogens is 486 g/mol. The molecule has 198 valence electrons. The maximum Gasteiger partial charge on any atom is 0.305 e. The van der Waals surface area contributed by atoms with Gasteiger partial charge in [0.25, 0.3) is 5.56 Å². The van der Waals surface area contributed by atoms with E-state index >= 15 is 0 Å². The quantitative estimate of drug-likeness (QED) is 0.362. The maximum absolute atomic E-state index is 13.6. The summed E-state index contributed by atoms with van der Waals surface area (Å²) < 4.78 is 1.49. The van der Waals surface area contributed by atoms with E-state index in [1.165, 1.54) is 22.0 Å². The van der Waals surface area contributed by atoms with Gasteiger partial charge in [-0.3, -0.25) is 14.4 Å².